The van der Waals surface area contributed by atoms with Gasteiger partial charge in [-0.3, -0.25) is 4.90 Å². The van der Waals surface area contributed by atoms with Crippen LogP contribution in [-0.2, 0) is 6.42 Å². The zero-order valence-corrected chi connectivity index (χ0v) is 13.1. The second-order valence-electron chi connectivity index (χ2n) is 5.89. The summed E-state index contributed by atoms with van der Waals surface area (Å²) in [7, 11) is 3.76. The lowest BCUT2D eigenvalue weighted by molar-refractivity contribution is 0.0800. The number of aliphatic hydroxyl groups is 1. The highest BCUT2D eigenvalue weighted by Gasteiger charge is 2.22. The first-order valence-electron chi connectivity index (χ1n) is 6.78. The normalized spacial score (nSPS) is 12.0. The van der Waals surface area contributed by atoms with Crippen LogP contribution in [-0.4, -0.2) is 42.9 Å². The van der Waals surface area contributed by atoms with Gasteiger partial charge in [0.15, 0.2) is 0 Å². The van der Waals surface area contributed by atoms with E-state index in [0.717, 1.165) is 18.7 Å². The fourth-order valence-corrected chi connectivity index (χ4v) is 2.05. The second kappa shape index (κ2) is 6.40. The van der Waals surface area contributed by atoms with Gasteiger partial charge in [0.2, 0.25) is 0 Å². The Bertz CT molecular complexity index is 427. The molecule has 0 unspecified atom stereocenters. The quantitative estimate of drug-likeness (QED) is 0.858. The SMILES string of the molecule is COc1cc(C)c(CCN(C)C(C)(C)CO)cc1C. The molecule has 1 N–H and O–H groups in total. The molecule has 0 atom stereocenters. The second-order valence-corrected chi connectivity index (χ2v) is 5.89. The van der Waals surface area contributed by atoms with Gasteiger partial charge in [0.1, 0.15) is 5.75 Å². The minimum atomic E-state index is -0.171. The number of hydrogen-bond acceptors (Lipinski definition) is 3. The van der Waals surface area contributed by atoms with E-state index in [2.05, 4.69) is 51.8 Å². The molecule has 3 nitrogen and oxygen atoms in total. The van der Waals surface area contributed by atoms with Crippen LogP contribution in [0.25, 0.3) is 0 Å². The Labute approximate surface area is 117 Å². The average molecular weight is 265 g/mol. The fraction of sp³-hybridized carbons (Fsp3) is 0.625. The first-order chi connectivity index (χ1) is 8.81. The van der Waals surface area contributed by atoms with Crippen LogP contribution in [0.5, 0.6) is 5.75 Å². The van der Waals surface area contributed by atoms with E-state index in [1.807, 2.05) is 0 Å². The summed E-state index contributed by atoms with van der Waals surface area (Å²) in [5.41, 5.74) is 3.61. The number of rotatable bonds is 6. The number of likely N-dealkylation sites (N-methyl/N-ethyl adjacent to an activating group) is 1. The molecule has 0 aliphatic rings. The fourth-order valence-electron chi connectivity index (χ4n) is 2.05. The minimum absolute atomic E-state index is 0.171. The van der Waals surface area contributed by atoms with Gasteiger partial charge in [0.25, 0.3) is 0 Å². The van der Waals surface area contributed by atoms with E-state index in [1.54, 1.807) is 7.11 Å². The number of aryl methyl sites for hydroxylation is 2. The number of aliphatic hydroxyl groups excluding tert-OH is 1. The highest BCUT2D eigenvalue weighted by Crippen LogP contribution is 2.23. The van der Waals surface area contributed by atoms with Crippen molar-refractivity contribution >= 4 is 0 Å². The van der Waals surface area contributed by atoms with Crippen molar-refractivity contribution in [1.82, 2.24) is 4.90 Å². The smallest absolute Gasteiger partial charge is 0.122 e. The molecule has 1 aromatic carbocycles. The molecule has 0 aliphatic carbocycles. The van der Waals surface area contributed by atoms with Gasteiger partial charge in [0.05, 0.1) is 13.7 Å². The standard InChI is InChI=1S/C16H27NO2/c1-12-10-15(19-6)13(2)9-14(12)7-8-17(5)16(3,4)11-18/h9-10,18H,7-8,11H2,1-6H3. The molecule has 0 saturated carbocycles. The van der Waals surface area contributed by atoms with E-state index in [4.69, 9.17) is 4.74 Å². The van der Waals surface area contributed by atoms with Crippen molar-refractivity contribution in [1.29, 1.82) is 0 Å². The van der Waals surface area contributed by atoms with Crippen LogP contribution < -0.4 is 4.74 Å². The summed E-state index contributed by atoms with van der Waals surface area (Å²) in [6.45, 7) is 9.40. The first-order valence-corrected chi connectivity index (χ1v) is 6.78. The zero-order valence-electron chi connectivity index (χ0n) is 13.1. The lowest BCUT2D eigenvalue weighted by atomic mass is 10.00. The van der Waals surface area contributed by atoms with Gasteiger partial charge >= 0.3 is 0 Å². The van der Waals surface area contributed by atoms with E-state index in [0.29, 0.717) is 0 Å². The molecule has 0 bridgehead atoms. The van der Waals surface area contributed by atoms with Gasteiger partial charge in [-0.25, -0.2) is 0 Å². The number of nitrogens with zero attached hydrogens (tertiary/aromatic N) is 1. The van der Waals surface area contributed by atoms with Crippen LogP contribution in [0, 0.1) is 13.8 Å². The van der Waals surface area contributed by atoms with E-state index >= 15 is 0 Å². The van der Waals surface area contributed by atoms with E-state index in [-0.39, 0.29) is 12.1 Å². The van der Waals surface area contributed by atoms with Crippen LogP contribution in [0.4, 0.5) is 0 Å². The lowest BCUT2D eigenvalue weighted by Gasteiger charge is -2.34. The number of hydrogen-bond donors (Lipinski definition) is 1. The van der Waals surface area contributed by atoms with Crippen molar-refractivity contribution in [3.8, 4) is 5.75 Å². The lowest BCUT2D eigenvalue weighted by Crippen LogP contribution is -2.45. The number of methoxy groups -OCH3 is 1. The number of benzene rings is 1. The van der Waals surface area contributed by atoms with Crippen molar-refractivity contribution in [3.63, 3.8) is 0 Å². The summed E-state index contributed by atoms with van der Waals surface area (Å²) >= 11 is 0. The predicted octanol–water partition coefficient (Wildman–Crippen LogP) is 2.56. The average Bonchev–Trinajstić information content (AvgIpc) is 2.38. The Morgan fingerprint density at radius 2 is 1.84 bits per heavy atom. The Hall–Kier alpha value is -1.06. The summed E-state index contributed by atoms with van der Waals surface area (Å²) in [6, 6.07) is 4.30. The van der Waals surface area contributed by atoms with Crippen molar-refractivity contribution in [2.24, 2.45) is 0 Å². The third-order valence-corrected chi connectivity index (χ3v) is 3.99. The van der Waals surface area contributed by atoms with Crippen LogP contribution in [0.1, 0.15) is 30.5 Å². The molecule has 0 radical (unpaired) electrons. The van der Waals surface area contributed by atoms with Crippen molar-refractivity contribution in [2.75, 3.05) is 27.3 Å². The van der Waals surface area contributed by atoms with Crippen LogP contribution in [0.2, 0.25) is 0 Å². The molecule has 0 aromatic heterocycles. The number of ether oxygens (including phenoxy) is 1. The summed E-state index contributed by atoms with van der Waals surface area (Å²) in [4.78, 5) is 2.20. The van der Waals surface area contributed by atoms with E-state index in [9.17, 15) is 5.11 Å². The highest BCUT2D eigenvalue weighted by molar-refractivity contribution is 5.41. The van der Waals surface area contributed by atoms with Gasteiger partial charge < -0.3 is 9.84 Å². The summed E-state index contributed by atoms with van der Waals surface area (Å²) < 4.78 is 5.33. The summed E-state index contributed by atoms with van der Waals surface area (Å²) in [5.74, 6) is 0.949. The molecule has 19 heavy (non-hydrogen) atoms. The molecule has 108 valence electrons. The molecule has 0 spiro atoms. The maximum atomic E-state index is 9.37. The van der Waals surface area contributed by atoms with Crippen molar-refractivity contribution < 1.29 is 9.84 Å². The molecule has 0 heterocycles. The molecule has 1 aromatic rings. The van der Waals surface area contributed by atoms with Crippen LogP contribution in [0.3, 0.4) is 0 Å². The van der Waals surface area contributed by atoms with Gasteiger partial charge in [-0.1, -0.05) is 6.07 Å². The molecular weight excluding hydrogens is 238 g/mol. The van der Waals surface area contributed by atoms with Gasteiger partial charge in [0, 0.05) is 12.1 Å². The van der Waals surface area contributed by atoms with E-state index < -0.39 is 0 Å². The topological polar surface area (TPSA) is 32.7 Å². The molecule has 3 heteroatoms. The molecule has 0 saturated heterocycles. The Balaban J connectivity index is 2.76. The van der Waals surface area contributed by atoms with Crippen LogP contribution >= 0.6 is 0 Å². The molecule has 0 aliphatic heterocycles. The van der Waals surface area contributed by atoms with Crippen LogP contribution in [0.15, 0.2) is 12.1 Å². The monoisotopic (exact) mass is 265 g/mol. The molecule has 0 fully saturated rings. The first kappa shape index (κ1) is 16.0. The van der Waals surface area contributed by atoms with E-state index in [1.165, 1.54) is 16.7 Å². The van der Waals surface area contributed by atoms with Crippen molar-refractivity contribution in [3.05, 3.63) is 28.8 Å². The largest absolute Gasteiger partial charge is 0.496 e. The van der Waals surface area contributed by atoms with Gasteiger partial charge in [-0.15, -0.1) is 0 Å². The van der Waals surface area contributed by atoms with Gasteiger partial charge in [-0.05, 0) is 63.9 Å². The zero-order chi connectivity index (χ0) is 14.6. The molecular formula is C16H27NO2. The predicted molar refractivity (Wildman–Crippen MR) is 80.0 cm³/mol. The Morgan fingerprint density at radius 3 is 2.37 bits per heavy atom. The van der Waals surface area contributed by atoms with Crippen molar-refractivity contribution in [2.45, 2.75) is 39.7 Å². The maximum Gasteiger partial charge on any atom is 0.122 e. The molecule has 1 rings (SSSR count). The Morgan fingerprint density at radius 1 is 1.21 bits per heavy atom. The highest BCUT2D eigenvalue weighted by atomic mass is 16.5. The summed E-state index contributed by atoms with van der Waals surface area (Å²) in [5, 5.41) is 9.37. The van der Waals surface area contributed by atoms with Gasteiger partial charge in [-0.2, -0.15) is 0 Å². The third kappa shape index (κ3) is 3.95. The molecule has 0 amide bonds. The minimum Gasteiger partial charge on any atom is -0.496 e. The summed E-state index contributed by atoms with van der Waals surface area (Å²) in [6.07, 6.45) is 0.983. The Kier molecular flexibility index (Phi) is 5.39. The third-order valence-electron chi connectivity index (χ3n) is 3.99. The maximum absolute atomic E-state index is 9.37.